The summed E-state index contributed by atoms with van der Waals surface area (Å²) in [5.41, 5.74) is 2.84. The van der Waals surface area contributed by atoms with Crippen molar-refractivity contribution in [1.82, 2.24) is 10.3 Å². The Kier molecular flexibility index (Phi) is 5.57. The minimum Gasteiger partial charge on any atom is -0.497 e. The van der Waals surface area contributed by atoms with E-state index in [-0.39, 0.29) is 18.2 Å². The zero-order valence-corrected chi connectivity index (χ0v) is 16.8. The van der Waals surface area contributed by atoms with Crippen molar-refractivity contribution in [2.24, 2.45) is 0 Å². The van der Waals surface area contributed by atoms with E-state index in [9.17, 15) is 9.59 Å². The molecule has 4 rings (SSSR count). The van der Waals surface area contributed by atoms with Crippen LogP contribution in [0, 0.1) is 0 Å². The van der Waals surface area contributed by atoms with E-state index in [1.807, 2.05) is 29.6 Å². The fraction of sp³-hybridized carbons (Fsp3) is 0.227. The first kappa shape index (κ1) is 19.1. The molecule has 1 fully saturated rings. The third kappa shape index (κ3) is 5.00. The Balaban J connectivity index is 1.37. The molecule has 148 valence electrons. The molecule has 0 spiro atoms. The molecule has 1 aliphatic rings. The Hall–Kier alpha value is -3.19. The lowest BCUT2D eigenvalue weighted by molar-refractivity contribution is -0.115. The lowest BCUT2D eigenvalue weighted by Crippen LogP contribution is -2.25. The molecule has 3 aromatic rings. The zero-order valence-electron chi connectivity index (χ0n) is 16.0. The molecule has 0 radical (unpaired) electrons. The normalized spacial score (nSPS) is 13.0. The van der Waals surface area contributed by atoms with E-state index in [0.717, 1.165) is 29.2 Å². The second kappa shape index (κ2) is 8.45. The van der Waals surface area contributed by atoms with Gasteiger partial charge >= 0.3 is 0 Å². The maximum Gasteiger partial charge on any atom is 0.251 e. The summed E-state index contributed by atoms with van der Waals surface area (Å²) in [6.45, 7) is 0. The Morgan fingerprint density at radius 1 is 1.17 bits per heavy atom. The molecule has 6 nitrogen and oxygen atoms in total. The van der Waals surface area contributed by atoms with Gasteiger partial charge in [-0.2, -0.15) is 0 Å². The average Bonchev–Trinajstić information content (AvgIpc) is 3.43. The van der Waals surface area contributed by atoms with Crippen LogP contribution in [-0.4, -0.2) is 29.9 Å². The van der Waals surface area contributed by atoms with Crippen molar-refractivity contribution >= 4 is 28.8 Å². The maximum absolute atomic E-state index is 12.4. The highest BCUT2D eigenvalue weighted by atomic mass is 32.1. The summed E-state index contributed by atoms with van der Waals surface area (Å²) < 4.78 is 5.17. The number of benzene rings is 2. The molecule has 0 bridgehead atoms. The number of nitrogens with zero attached hydrogens (tertiary/aromatic N) is 1. The predicted octanol–water partition coefficient (Wildman–Crippen LogP) is 3.89. The van der Waals surface area contributed by atoms with Gasteiger partial charge in [0.15, 0.2) is 0 Å². The van der Waals surface area contributed by atoms with Crippen LogP contribution in [0.5, 0.6) is 5.75 Å². The Morgan fingerprint density at radius 2 is 1.97 bits per heavy atom. The minimum absolute atomic E-state index is 0.104. The topological polar surface area (TPSA) is 80.3 Å². The number of amides is 2. The molecule has 2 aromatic carbocycles. The van der Waals surface area contributed by atoms with Gasteiger partial charge in [-0.15, -0.1) is 11.3 Å². The number of anilines is 1. The number of thiazole rings is 1. The van der Waals surface area contributed by atoms with E-state index in [1.54, 1.807) is 31.4 Å². The molecule has 1 aliphatic carbocycles. The van der Waals surface area contributed by atoms with Crippen molar-refractivity contribution in [3.8, 4) is 16.3 Å². The van der Waals surface area contributed by atoms with Gasteiger partial charge in [-0.05, 0) is 55.3 Å². The largest absolute Gasteiger partial charge is 0.497 e. The summed E-state index contributed by atoms with van der Waals surface area (Å²) in [5.74, 6) is 0.515. The van der Waals surface area contributed by atoms with Crippen molar-refractivity contribution in [3.63, 3.8) is 0 Å². The van der Waals surface area contributed by atoms with Crippen molar-refractivity contribution in [3.05, 3.63) is 65.2 Å². The van der Waals surface area contributed by atoms with E-state index in [4.69, 9.17) is 4.74 Å². The number of aromatic nitrogens is 1. The number of carbonyl (C=O) groups excluding carboxylic acids is 2. The summed E-state index contributed by atoms with van der Waals surface area (Å²) in [5, 5.41) is 8.54. The van der Waals surface area contributed by atoms with Gasteiger partial charge < -0.3 is 15.4 Å². The molecule has 1 aromatic heterocycles. The van der Waals surface area contributed by atoms with Crippen molar-refractivity contribution in [2.45, 2.75) is 25.3 Å². The second-order valence-corrected chi connectivity index (χ2v) is 7.78. The minimum atomic E-state index is -0.170. The third-order valence-corrected chi connectivity index (χ3v) is 5.49. The van der Waals surface area contributed by atoms with Crippen molar-refractivity contribution in [1.29, 1.82) is 0 Å². The molecule has 0 aliphatic heterocycles. The zero-order chi connectivity index (χ0) is 20.2. The van der Waals surface area contributed by atoms with E-state index in [1.165, 1.54) is 11.3 Å². The van der Waals surface area contributed by atoms with E-state index in [0.29, 0.717) is 23.0 Å². The number of hydrogen-bond donors (Lipinski definition) is 2. The summed E-state index contributed by atoms with van der Waals surface area (Å²) >= 11 is 1.50. The number of hydrogen-bond acceptors (Lipinski definition) is 5. The molecule has 2 N–H and O–H groups in total. The summed E-state index contributed by atoms with van der Waals surface area (Å²) in [7, 11) is 1.63. The molecule has 0 saturated heterocycles. The van der Waals surface area contributed by atoms with Crippen LogP contribution < -0.4 is 15.4 Å². The maximum atomic E-state index is 12.4. The van der Waals surface area contributed by atoms with E-state index >= 15 is 0 Å². The first-order chi connectivity index (χ1) is 14.1. The summed E-state index contributed by atoms with van der Waals surface area (Å²) in [6, 6.07) is 14.9. The van der Waals surface area contributed by atoms with Crippen LogP contribution in [0.4, 0.5) is 5.69 Å². The highest BCUT2D eigenvalue weighted by molar-refractivity contribution is 7.13. The Morgan fingerprint density at radius 3 is 2.69 bits per heavy atom. The smallest absolute Gasteiger partial charge is 0.251 e. The van der Waals surface area contributed by atoms with Gasteiger partial charge in [0.2, 0.25) is 5.91 Å². The van der Waals surface area contributed by atoms with Gasteiger partial charge in [-0.3, -0.25) is 9.59 Å². The SMILES string of the molecule is COc1ccc(-c2nc(CC(=O)Nc3cccc(C(=O)NC4CC4)c3)cs2)cc1. The Labute approximate surface area is 172 Å². The Bertz CT molecular complexity index is 1030. The third-order valence-electron chi connectivity index (χ3n) is 4.55. The van der Waals surface area contributed by atoms with Crippen molar-refractivity contribution < 1.29 is 14.3 Å². The van der Waals surface area contributed by atoms with Crippen LogP contribution in [0.1, 0.15) is 28.9 Å². The first-order valence-electron chi connectivity index (χ1n) is 9.40. The first-order valence-corrected chi connectivity index (χ1v) is 10.3. The highest BCUT2D eigenvalue weighted by Gasteiger charge is 2.23. The van der Waals surface area contributed by atoms with Crippen LogP contribution in [0.2, 0.25) is 0 Å². The molecule has 29 heavy (non-hydrogen) atoms. The van der Waals surface area contributed by atoms with Crippen LogP contribution in [0.15, 0.2) is 53.9 Å². The van der Waals surface area contributed by atoms with Gasteiger partial charge in [0.1, 0.15) is 10.8 Å². The van der Waals surface area contributed by atoms with Crippen LogP contribution >= 0.6 is 11.3 Å². The average molecular weight is 407 g/mol. The molecule has 1 heterocycles. The molecule has 1 saturated carbocycles. The molecule has 0 atom stereocenters. The number of ether oxygens (including phenoxy) is 1. The van der Waals surface area contributed by atoms with Gasteiger partial charge in [0, 0.05) is 28.2 Å². The summed E-state index contributed by atoms with van der Waals surface area (Å²) in [6.07, 6.45) is 2.24. The van der Waals surface area contributed by atoms with Gasteiger partial charge in [-0.25, -0.2) is 4.98 Å². The quantitative estimate of drug-likeness (QED) is 0.623. The number of carbonyl (C=O) groups is 2. The standard InChI is InChI=1S/C22H21N3O3S/c1-28-19-9-5-14(6-10-19)22-25-18(13-29-22)12-20(26)23-17-4-2-3-15(11-17)21(27)24-16-7-8-16/h2-6,9-11,13,16H,7-8,12H2,1H3,(H,23,26)(H,24,27). The van der Waals surface area contributed by atoms with Crippen molar-refractivity contribution in [2.75, 3.05) is 12.4 Å². The lowest BCUT2D eigenvalue weighted by atomic mass is 10.2. The van der Waals surface area contributed by atoms with Crippen LogP contribution in [-0.2, 0) is 11.2 Å². The van der Waals surface area contributed by atoms with E-state index in [2.05, 4.69) is 15.6 Å². The summed E-state index contributed by atoms with van der Waals surface area (Å²) in [4.78, 5) is 29.1. The van der Waals surface area contributed by atoms with Crippen LogP contribution in [0.25, 0.3) is 10.6 Å². The monoisotopic (exact) mass is 407 g/mol. The van der Waals surface area contributed by atoms with E-state index < -0.39 is 0 Å². The van der Waals surface area contributed by atoms with Gasteiger partial charge in [0.25, 0.3) is 5.91 Å². The molecular formula is C22H21N3O3S. The van der Waals surface area contributed by atoms with Gasteiger partial charge in [0.05, 0.1) is 19.2 Å². The number of methoxy groups -OCH3 is 1. The molecule has 0 unspecified atom stereocenters. The number of rotatable bonds is 7. The predicted molar refractivity (Wildman–Crippen MR) is 113 cm³/mol. The molecule has 7 heteroatoms. The number of nitrogens with one attached hydrogen (secondary N) is 2. The second-order valence-electron chi connectivity index (χ2n) is 6.93. The molecule has 2 amide bonds. The molecular weight excluding hydrogens is 386 g/mol. The lowest BCUT2D eigenvalue weighted by Gasteiger charge is -2.07. The van der Waals surface area contributed by atoms with Crippen LogP contribution in [0.3, 0.4) is 0 Å². The fourth-order valence-electron chi connectivity index (χ4n) is 2.86. The highest BCUT2D eigenvalue weighted by Crippen LogP contribution is 2.26. The fourth-order valence-corrected chi connectivity index (χ4v) is 3.68. The van der Waals surface area contributed by atoms with Gasteiger partial charge in [-0.1, -0.05) is 6.07 Å².